The number of ether oxygens (including phenoxy) is 2. The maximum Gasteiger partial charge on any atom is 0.335 e. The summed E-state index contributed by atoms with van der Waals surface area (Å²) in [7, 11) is 0. The lowest BCUT2D eigenvalue weighted by atomic mass is 10.1. The van der Waals surface area contributed by atoms with Crippen molar-refractivity contribution in [3.05, 3.63) is 94.3 Å². The van der Waals surface area contributed by atoms with Crippen LogP contribution < -0.4 is 19.7 Å². The number of halogens is 2. The fourth-order valence-electron chi connectivity index (χ4n) is 3.48. The Morgan fingerprint density at radius 2 is 1.71 bits per heavy atom. The van der Waals surface area contributed by atoms with Gasteiger partial charge in [-0.05, 0) is 48.9 Å². The van der Waals surface area contributed by atoms with Crippen LogP contribution in [0.15, 0.2) is 72.3 Å². The topological polar surface area (TPSA) is 84.9 Å². The summed E-state index contributed by atoms with van der Waals surface area (Å²) in [6, 6.07) is 16.6. The second-order valence-corrected chi connectivity index (χ2v) is 7.84. The number of barbiturate groups is 1. The highest BCUT2D eigenvalue weighted by Crippen LogP contribution is 2.38. The van der Waals surface area contributed by atoms with E-state index in [0.717, 1.165) is 4.90 Å². The van der Waals surface area contributed by atoms with Crippen molar-refractivity contribution >= 4 is 41.2 Å². The molecular weight excluding hydrogens is 475 g/mol. The second kappa shape index (κ2) is 10.4. The van der Waals surface area contributed by atoms with Crippen molar-refractivity contribution < 1.29 is 28.2 Å². The molecule has 1 aliphatic rings. The number of imide groups is 2. The largest absolute Gasteiger partial charge is 0.490 e. The van der Waals surface area contributed by atoms with E-state index in [4.69, 9.17) is 21.1 Å². The van der Waals surface area contributed by atoms with Crippen LogP contribution in [0, 0.1) is 5.82 Å². The molecule has 0 aliphatic carbocycles. The zero-order valence-electron chi connectivity index (χ0n) is 18.6. The van der Waals surface area contributed by atoms with Gasteiger partial charge in [-0.1, -0.05) is 48.0 Å². The third-order valence-corrected chi connectivity index (χ3v) is 5.37. The molecule has 1 fully saturated rings. The summed E-state index contributed by atoms with van der Waals surface area (Å²) < 4.78 is 25.4. The van der Waals surface area contributed by atoms with Crippen molar-refractivity contribution in [2.45, 2.75) is 13.5 Å². The van der Waals surface area contributed by atoms with E-state index in [1.807, 2.05) is 0 Å². The molecule has 0 atom stereocenters. The highest BCUT2D eigenvalue weighted by Gasteiger charge is 2.36. The van der Waals surface area contributed by atoms with Gasteiger partial charge in [0.1, 0.15) is 18.0 Å². The molecule has 1 heterocycles. The molecule has 1 N–H and O–H groups in total. The lowest BCUT2D eigenvalue weighted by Gasteiger charge is -2.26. The number of para-hydroxylation sites is 1. The number of rotatable bonds is 7. The Kier molecular flexibility index (Phi) is 7.12. The predicted molar refractivity (Wildman–Crippen MR) is 129 cm³/mol. The van der Waals surface area contributed by atoms with Crippen LogP contribution in [0.2, 0.25) is 5.02 Å². The summed E-state index contributed by atoms with van der Waals surface area (Å²) in [5.41, 5.74) is 0.773. The van der Waals surface area contributed by atoms with Crippen molar-refractivity contribution in [1.82, 2.24) is 5.32 Å². The molecule has 35 heavy (non-hydrogen) atoms. The van der Waals surface area contributed by atoms with Gasteiger partial charge in [-0.25, -0.2) is 14.1 Å². The van der Waals surface area contributed by atoms with Gasteiger partial charge < -0.3 is 9.47 Å². The van der Waals surface area contributed by atoms with Crippen LogP contribution in [0.1, 0.15) is 18.1 Å². The number of carbonyl (C=O) groups is 3. The van der Waals surface area contributed by atoms with Gasteiger partial charge in [0.2, 0.25) is 0 Å². The zero-order valence-corrected chi connectivity index (χ0v) is 19.3. The Morgan fingerprint density at radius 3 is 2.43 bits per heavy atom. The summed E-state index contributed by atoms with van der Waals surface area (Å²) in [5, 5.41) is 2.31. The monoisotopic (exact) mass is 494 g/mol. The molecule has 0 aromatic heterocycles. The molecule has 3 aromatic carbocycles. The lowest BCUT2D eigenvalue weighted by Crippen LogP contribution is -2.54. The molecule has 3 aromatic rings. The Bertz CT molecular complexity index is 1330. The van der Waals surface area contributed by atoms with E-state index in [1.165, 1.54) is 18.2 Å². The molecule has 0 bridgehead atoms. The summed E-state index contributed by atoms with van der Waals surface area (Å²) >= 11 is 6.44. The first-order valence-electron chi connectivity index (χ1n) is 10.7. The molecule has 4 amide bonds. The number of nitrogens with one attached hydrogen (secondary N) is 1. The molecule has 4 rings (SSSR count). The van der Waals surface area contributed by atoms with Gasteiger partial charge in [-0.3, -0.25) is 14.9 Å². The molecule has 0 radical (unpaired) electrons. The number of hydrogen-bond acceptors (Lipinski definition) is 5. The first kappa shape index (κ1) is 24.0. The first-order valence-corrected chi connectivity index (χ1v) is 11.1. The third kappa shape index (κ3) is 5.17. The zero-order chi connectivity index (χ0) is 24.9. The number of carbonyl (C=O) groups excluding carboxylic acids is 3. The molecule has 0 saturated carbocycles. The van der Waals surface area contributed by atoms with Crippen LogP contribution in [-0.4, -0.2) is 24.5 Å². The molecule has 7 nitrogen and oxygen atoms in total. The summed E-state index contributed by atoms with van der Waals surface area (Å²) in [4.78, 5) is 38.7. The third-order valence-electron chi connectivity index (χ3n) is 5.09. The number of hydrogen-bond donors (Lipinski definition) is 1. The molecule has 9 heteroatoms. The smallest absolute Gasteiger partial charge is 0.335 e. The van der Waals surface area contributed by atoms with Crippen LogP contribution in [0.4, 0.5) is 14.9 Å². The number of anilines is 1. The fraction of sp³-hybridized carbons (Fsp3) is 0.115. The average molecular weight is 495 g/mol. The maximum absolute atomic E-state index is 14.0. The summed E-state index contributed by atoms with van der Waals surface area (Å²) in [6.45, 7) is 1.96. The van der Waals surface area contributed by atoms with Crippen molar-refractivity contribution in [3.63, 3.8) is 0 Å². The highest BCUT2D eigenvalue weighted by atomic mass is 35.5. The van der Waals surface area contributed by atoms with Crippen molar-refractivity contribution in [3.8, 4) is 11.5 Å². The second-order valence-electron chi connectivity index (χ2n) is 7.44. The van der Waals surface area contributed by atoms with Crippen LogP contribution >= 0.6 is 11.6 Å². The fourth-order valence-corrected chi connectivity index (χ4v) is 3.75. The van der Waals surface area contributed by atoms with Crippen LogP contribution in [0.5, 0.6) is 11.5 Å². The van der Waals surface area contributed by atoms with Gasteiger partial charge in [-0.2, -0.15) is 0 Å². The number of amides is 4. The van der Waals surface area contributed by atoms with Gasteiger partial charge in [0, 0.05) is 5.56 Å². The van der Waals surface area contributed by atoms with E-state index < -0.39 is 23.7 Å². The van der Waals surface area contributed by atoms with E-state index in [9.17, 15) is 18.8 Å². The van der Waals surface area contributed by atoms with E-state index in [1.54, 1.807) is 61.5 Å². The number of benzene rings is 3. The van der Waals surface area contributed by atoms with E-state index in [2.05, 4.69) is 5.32 Å². The predicted octanol–water partition coefficient (Wildman–Crippen LogP) is 5.12. The Hall–Kier alpha value is -4.17. The van der Waals surface area contributed by atoms with Crippen molar-refractivity contribution in [2.24, 2.45) is 0 Å². The number of nitrogens with zero attached hydrogens (tertiary/aromatic N) is 1. The molecule has 0 spiro atoms. The average Bonchev–Trinajstić information content (AvgIpc) is 2.83. The van der Waals surface area contributed by atoms with E-state index in [-0.39, 0.29) is 35.3 Å². The van der Waals surface area contributed by atoms with Gasteiger partial charge in [0.25, 0.3) is 11.8 Å². The number of urea groups is 1. The Balaban J connectivity index is 1.66. The van der Waals surface area contributed by atoms with Crippen LogP contribution in [0.3, 0.4) is 0 Å². The Morgan fingerprint density at radius 1 is 1.00 bits per heavy atom. The van der Waals surface area contributed by atoms with E-state index in [0.29, 0.717) is 16.8 Å². The normalized spacial score (nSPS) is 14.8. The van der Waals surface area contributed by atoms with Gasteiger partial charge in [0.15, 0.2) is 11.5 Å². The minimum atomic E-state index is -0.840. The van der Waals surface area contributed by atoms with Crippen molar-refractivity contribution in [1.29, 1.82) is 0 Å². The van der Waals surface area contributed by atoms with Crippen molar-refractivity contribution in [2.75, 3.05) is 11.5 Å². The SMILES string of the molecule is CCOc1cc(/C=C2\C(=O)NC(=O)N(c3ccccc3)C2=O)cc(Cl)c1OCc1ccccc1F. The van der Waals surface area contributed by atoms with Gasteiger partial charge in [-0.15, -0.1) is 0 Å². The van der Waals surface area contributed by atoms with Crippen LogP contribution in [0.25, 0.3) is 6.08 Å². The minimum Gasteiger partial charge on any atom is -0.490 e. The van der Waals surface area contributed by atoms with E-state index >= 15 is 0 Å². The quantitative estimate of drug-likeness (QED) is 0.364. The van der Waals surface area contributed by atoms with Crippen LogP contribution in [-0.2, 0) is 16.2 Å². The summed E-state index contributed by atoms with van der Waals surface area (Å²) in [6.07, 6.45) is 1.31. The molecule has 178 valence electrons. The highest BCUT2D eigenvalue weighted by molar-refractivity contribution is 6.39. The minimum absolute atomic E-state index is 0.0814. The Labute approximate surface area is 205 Å². The molecule has 1 aliphatic heterocycles. The molecule has 0 unspecified atom stereocenters. The summed E-state index contributed by atoms with van der Waals surface area (Å²) in [5.74, 6) is -1.58. The van der Waals surface area contributed by atoms with Gasteiger partial charge >= 0.3 is 6.03 Å². The lowest BCUT2D eigenvalue weighted by molar-refractivity contribution is -0.122. The molecule has 1 saturated heterocycles. The molecular formula is C26H20ClFN2O5. The first-order chi connectivity index (χ1) is 16.9. The maximum atomic E-state index is 14.0. The standard InChI is InChI=1S/C26H20ClFN2O5/c1-2-34-22-14-16(13-20(27)23(22)35-15-17-8-6-7-11-21(17)28)12-19-24(31)29-26(33)30(25(19)32)18-9-4-3-5-10-18/h3-14H,2,15H2,1H3,(H,29,31,33)/b19-12+. The van der Waals surface area contributed by atoms with Gasteiger partial charge in [0.05, 0.1) is 17.3 Å².